The topological polar surface area (TPSA) is 27.3 Å². The Labute approximate surface area is 116 Å². The summed E-state index contributed by atoms with van der Waals surface area (Å²) in [6, 6.07) is 10.3. The molecule has 0 spiro atoms. The first-order chi connectivity index (χ1) is 9.31. The van der Waals surface area contributed by atoms with Crippen molar-refractivity contribution >= 4 is 5.69 Å². The van der Waals surface area contributed by atoms with E-state index in [4.69, 9.17) is 0 Å². The lowest BCUT2D eigenvalue weighted by Crippen LogP contribution is -2.46. The van der Waals surface area contributed by atoms with Crippen molar-refractivity contribution in [3.05, 3.63) is 29.8 Å². The molecule has 0 aromatic heterocycles. The lowest BCUT2D eigenvalue weighted by molar-refractivity contribution is 0.375. The first-order valence-electron chi connectivity index (χ1n) is 7.59. The van der Waals surface area contributed by atoms with E-state index in [9.17, 15) is 0 Å². The van der Waals surface area contributed by atoms with Crippen LogP contribution in [0.3, 0.4) is 0 Å². The van der Waals surface area contributed by atoms with E-state index >= 15 is 0 Å². The van der Waals surface area contributed by atoms with Crippen molar-refractivity contribution < 1.29 is 0 Å². The van der Waals surface area contributed by atoms with Crippen LogP contribution in [0.1, 0.15) is 24.8 Å². The first kappa shape index (κ1) is 12.9. The minimum absolute atomic E-state index is 0.704. The van der Waals surface area contributed by atoms with E-state index in [0.29, 0.717) is 12.1 Å². The molecule has 3 nitrogen and oxygen atoms in total. The zero-order valence-electron chi connectivity index (χ0n) is 11.9. The summed E-state index contributed by atoms with van der Waals surface area (Å²) in [5.41, 5.74) is 2.75. The van der Waals surface area contributed by atoms with Gasteiger partial charge in [-0.3, -0.25) is 0 Å². The van der Waals surface area contributed by atoms with E-state index in [1.165, 1.54) is 50.1 Å². The largest absolute Gasteiger partial charge is 0.371 e. The van der Waals surface area contributed by atoms with Crippen LogP contribution in [-0.4, -0.2) is 38.3 Å². The van der Waals surface area contributed by atoms with Crippen molar-refractivity contribution in [2.75, 3.05) is 31.1 Å². The zero-order valence-corrected chi connectivity index (χ0v) is 11.9. The summed E-state index contributed by atoms with van der Waals surface area (Å²) in [6.45, 7) is 6.87. The quantitative estimate of drug-likeness (QED) is 0.868. The molecule has 1 aromatic rings. The second kappa shape index (κ2) is 5.93. The van der Waals surface area contributed by atoms with E-state index in [1.807, 2.05) is 0 Å². The van der Waals surface area contributed by atoms with Crippen LogP contribution in [0, 0.1) is 6.92 Å². The van der Waals surface area contributed by atoms with Crippen molar-refractivity contribution in [1.29, 1.82) is 0 Å². The Morgan fingerprint density at radius 1 is 1.16 bits per heavy atom. The minimum atomic E-state index is 0.704. The van der Waals surface area contributed by atoms with Crippen LogP contribution in [-0.2, 0) is 0 Å². The van der Waals surface area contributed by atoms with Crippen molar-refractivity contribution in [2.24, 2.45) is 0 Å². The molecule has 1 aromatic carbocycles. The van der Waals surface area contributed by atoms with Gasteiger partial charge in [-0.25, -0.2) is 0 Å². The van der Waals surface area contributed by atoms with Crippen molar-refractivity contribution in [1.82, 2.24) is 10.6 Å². The molecule has 1 atom stereocenters. The second-order valence-electron chi connectivity index (χ2n) is 5.96. The summed E-state index contributed by atoms with van der Waals surface area (Å²) < 4.78 is 0. The highest BCUT2D eigenvalue weighted by atomic mass is 15.2. The van der Waals surface area contributed by atoms with Crippen LogP contribution >= 0.6 is 0 Å². The zero-order chi connectivity index (χ0) is 13.1. The molecule has 19 heavy (non-hydrogen) atoms. The van der Waals surface area contributed by atoms with Crippen molar-refractivity contribution in [2.45, 2.75) is 38.3 Å². The van der Waals surface area contributed by atoms with Crippen LogP contribution in [0.15, 0.2) is 24.3 Å². The maximum atomic E-state index is 3.81. The lowest BCUT2D eigenvalue weighted by Gasteiger charge is -2.35. The normalized spacial score (nSPS) is 24.9. The molecule has 0 aliphatic carbocycles. The van der Waals surface area contributed by atoms with Crippen molar-refractivity contribution in [3.63, 3.8) is 0 Å². The van der Waals surface area contributed by atoms with Gasteiger partial charge in [0.1, 0.15) is 0 Å². The molecule has 0 radical (unpaired) electrons. The standard InChI is InChI=1S/C16H25N3/c1-13-3-2-4-16(11-13)19-9-6-14(7-10-19)18-15-5-8-17-12-15/h2-4,11,14-15,17-18H,5-10,12H2,1H3/t15-/m1/s1. The van der Waals surface area contributed by atoms with Gasteiger partial charge in [0.15, 0.2) is 0 Å². The van der Waals surface area contributed by atoms with Gasteiger partial charge in [0.25, 0.3) is 0 Å². The van der Waals surface area contributed by atoms with Gasteiger partial charge in [-0.2, -0.15) is 0 Å². The number of hydrogen-bond acceptors (Lipinski definition) is 3. The molecule has 3 heteroatoms. The molecule has 0 amide bonds. The molecule has 2 saturated heterocycles. The molecule has 2 heterocycles. The van der Waals surface area contributed by atoms with E-state index in [2.05, 4.69) is 46.7 Å². The molecule has 2 fully saturated rings. The van der Waals surface area contributed by atoms with Gasteiger partial charge < -0.3 is 15.5 Å². The fourth-order valence-corrected chi connectivity index (χ4v) is 3.26. The number of nitrogens with one attached hydrogen (secondary N) is 2. The van der Waals surface area contributed by atoms with Gasteiger partial charge >= 0.3 is 0 Å². The Morgan fingerprint density at radius 3 is 2.68 bits per heavy atom. The lowest BCUT2D eigenvalue weighted by atomic mass is 10.0. The molecular weight excluding hydrogens is 234 g/mol. The van der Waals surface area contributed by atoms with E-state index in [-0.39, 0.29) is 0 Å². The summed E-state index contributed by atoms with van der Waals surface area (Å²) in [4.78, 5) is 2.53. The van der Waals surface area contributed by atoms with Gasteiger partial charge in [-0.15, -0.1) is 0 Å². The monoisotopic (exact) mass is 259 g/mol. The van der Waals surface area contributed by atoms with Gasteiger partial charge in [0.2, 0.25) is 0 Å². The molecule has 2 N–H and O–H groups in total. The number of rotatable bonds is 3. The van der Waals surface area contributed by atoms with E-state index < -0.39 is 0 Å². The first-order valence-corrected chi connectivity index (χ1v) is 7.59. The molecule has 2 aliphatic heterocycles. The highest BCUT2D eigenvalue weighted by Gasteiger charge is 2.23. The van der Waals surface area contributed by atoms with Crippen LogP contribution < -0.4 is 15.5 Å². The molecule has 0 bridgehead atoms. The van der Waals surface area contributed by atoms with Crippen LogP contribution in [0.2, 0.25) is 0 Å². The predicted molar refractivity (Wildman–Crippen MR) is 80.8 cm³/mol. The number of hydrogen-bond donors (Lipinski definition) is 2. The average Bonchev–Trinajstić information content (AvgIpc) is 2.92. The summed E-state index contributed by atoms with van der Waals surface area (Å²) in [5, 5.41) is 7.24. The third-order valence-electron chi connectivity index (χ3n) is 4.39. The molecule has 0 unspecified atom stereocenters. The molecule has 3 rings (SSSR count). The summed E-state index contributed by atoms with van der Waals surface area (Å²) in [5.74, 6) is 0. The highest BCUT2D eigenvalue weighted by Crippen LogP contribution is 2.21. The molecular formula is C16H25N3. The van der Waals surface area contributed by atoms with Crippen LogP contribution in [0.4, 0.5) is 5.69 Å². The predicted octanol–water partition coefficient (Wildman–Crippen LogP) is 1.92. The summed E-state index contributed by atoms with van der Waals surface area (Å²) in [6.07, 6.45) is 3.83. The number of nitrogens with zero attached hydrogens (tertiary/aromatic N) is 1. The minimum Gasteiger partial charge on any atom is -0.371 e. The Bertz CT molecular complexity index is 404. The number of aryl methyl sites for hydroxylation is 1. The van der Waals surface area contributed by atoms with E-state index in [0.717, 1.165) is 6.54 Å². The third kappa shape index (κ3) is 3.28. The number of anilines is 1. The van der Waals surface area contributed by atoms with Gasteiger partial charge in [0.05, 0.1) is 0 Å². The smallest absolute Gasteiger partial charge is 0.0368 e. The Hall–Kier alpha value is -1.06. The fourth-order valence-electron chi connectivity index (χ4n) is 3.26. The molecule has 2 aliphatic rings. The SMILES string of the molecule is Cc1cccc(N2CCC(N[C@@H]3CCNC3)CC2)c1. The van der Waals surface area contributed by atoms with E-state index in [1.54, 1.807) is 0 Å². The third-order valence-corrected chi connectivity index (χ3v) is 4.39. The number of benzene rings is 1. The Morgan fingerprint density at radius 2 is 2.00 bits per heavy atom. The molecule has 104 valence electrons. The fraction of sp³-hybridized carbons (Fsp3) is 0.625. The Kier molecular flexibility index (Phi) is 4.04. The maximum absolute atomic E-state index is 3.81. The summed E-state index contributed by atoms with van der Waals surface area (Å²) >= 11 is 0. The summed E-state index contributed by atoms with van der Waals surface area (Å²) in [7, 11) is 0. The maximum Gasteiger partial charge on any atom is 0.0368 e. The van der Waals surface area contributed by atoms with Crippen molar-refractivity contribution in [3.8, 4) is 0 Å². The molecule has 0 saturated carbocycles. The second-order valence-corrected chi connectivity index (χ2v) is 5.96. The highest BCUT2D eigenvalue weighted by molar-refractivity contribution is 5.48. The van der Waals surface area contributed by atoms with Gasteiger partial charge in [-0.1, -0.05) is 12.1 Å². The van der Waals surface area contributed by atoms with Gasteiger partial charge in [-0.05, 0) is 50.4 Å². The average molecular weight is 259 g/mol. The number of piperidine rings is 1. The van der Waals surface area contributed by atoms with Gasteiger partial charge in [0, 0.05) is 37.4 Å². The Balaban J connectivity index is 1.51. The van der Waals surface area contributed by atoms with Crippen LogP contribution in [0.5, 0.6) is 0 Å². The van der Waals surface area contributed by atoms with Crippen LogP contribution in [0.25, 0.3) is 0 Å².